The van der Waals surface area contributed by atoms with E-state index in [9.17, 15) is 9.59 Å². The van der Waals surface area contributed by atoms with Crippen LogP contribution in [0.3, 0.4) is 0 Å². The molecular formula is C27H37N3O2. The van der Waals surface area contributed by atoms with E-state index in [1.807, 2.05) is 18.2 Å². The molecule has 0 radical (unpaired) electrons. The third-order valence-corrected chi connectivity index (χ3v) is 8.40. The summed E-state index contributed by atoms with van der Waals surface area (Å²) < 4.78 is 0. The zero-order valence-corrected chi connectivity index (χ0v) is 19.1. The summed E-state index contributed by atoms with van der Waals surface area (Å²) in [6, 6.07) is 10.2. The summed E-state index contributed by atoms with van der Waals surface area (Å²) in [5, 5.41) is 6.35. The highest BCUT2D eigenvalue weighted by atomic mass is 16.2. The van der Waals surface area contributed by atoms with Gasteiger partial charge < -0.3 is 15.5 Å². The minimum absolute atomic E-state index is 0.0678. The molecule has 5 nitrogen and oxygen atoms in total. The lowest BCUT2D eigenvalue weighted by Crippen LogP contribution is -2.44. The standard InChI is InChI=1S/C27H37N3O2/c31-25(28-15-4-5-17-30-18-6-7-19-30)23-21-10-11-22(27(21)13-14-27)24(23)26(32)29-16-12-20-8-2-1-3-9-20/h1-3,8-11,21-24H,4-7,12-19H2,(H,28,31)(H,29,32)/t21-,22+,23-,24-/m1/s1. The van der Waals surface area contributed by atoms with Crippen LogP contribution in [0.25, 0.3) is 0 Å². The van der Waals surface area contributed by atoms with Crippen LogP contribution in [0, 0.1) is 29.1 Å². The van der Waals surface area contributed by atoms with Gasteiger partial charge in [0, 0.05) is 13.1 Å². The molecule has 3 fully saturated rings. The van der Waals surface area contributed by atoms with Gasteiger partial charge in [-0.1, -0.05) is 42.5 Å². The van der Waals surface area contributed by atoms with Crippen molar-refractivity contribution in [2.24, 2.45) is 29.1 Å². The fourth-order valence-corrected chi connectivity index (χ4v) is 6.60. The third-order valence-electron chi connectivity index (χ3n) is 8.40. The van der Waals surface area contributed by atoms with Crippen LogP contribution in [0.4, 0.5) is 0 Å². The Morgan fingerprint density at radius 2 is 1.50 bits per heavy atom. The van der Waals surface area contributed by atoms with Crippen molar-refractivity contribution < 1.29 is 9.59 Å². The van der Waals surface area contributed by atoms with Crippen LogP contribution in [0.15, 0.2) is 42.5 Å². The van der Waals surface area contributed by atoms with Gasteiger partial charge in [0.1, 0.15) is 0 Å². The van der Waals surface area contributed by atoms with Crippen molar-refractivity contribution in [1.82, 2.24) is 15.5 Å². The maximum Gasteiger partial charge on any atom is 0.224 e. The number of hydrogen-bond donors (Lipinski definition) is 2. The van der Waals surface area contributed by atoms with Crippen LogP contribution in [-0.4, -0.2) is 49.4 Å². The van der Waals surface area contributed by atoms with Crippen molar-refractivity contribution in [3.8, 4) is 0 Å². The lowest BCUT2D eigenvalue weighted by Gasteiger charge is -2.26. The van der Waals surface area contributed by atoms with E-state index in [-0.39, 0.29) is 40.9 Å². The maximum absolute atomic E-state index is 13.2. The number of nitrogens with one attached hydrogen (secondary N) is 2. The summed E-state index contributed by atoms with van der Waals surface area (Å²) in [4.78, 5) is 29.0. The van der Waals surface area contributed by atoms with Crippen molar-refractivity contribution in [2.75, 3.05) is 32.7 Å². The Hall–Kier alpha value is -2.14. The van der Waals surface area contributed by atoms with Gasteiger partial charge in [-0.3, -0.25) is 9.59 Å². The van der Waals surface area contributed by atoms with Crippen LogP contribution in [0.2, 0.25) is 0 Å². The summed E-state index contributed by atoms with van der Waals surface area (Å²) in [7, 11) is 0. The highest BCUT2D eigenvalue weighted by molar-refractivity contribution is 5.90. The smallest absolute Gasteiger partial charge is 0.224 e. The average molecular weight is 436 g/mol. The molecule has 5 rings (SSSR count). The number of carbonyl (C=O) groups is 2. The molecule has 1 spiro atoms. The molecule has 5 heteroatoms. The van der Waals surface area contributed by atoms with E-state index in [0.29, 0.717) is 6.54 Å². The van der Waals surface area contributed by atoms with Crippen molar-refractivity contribution in [2.45, 2.75) is 44.9 Å². The topological polar surface area (TPSA) is 61.4 Å². The summed E-state index contributed by atoms with van der Waals surface area (Å²) in [6.07, 6.45) is 12.4. The van der Waals surface area contributed by atoms with E-state index in [1.165, 1.54) is 31.5 Å². The lowest BCUT2D eigenvalue weighted by molar-refractivity contribution is -0.135. The van der Waals surface area contributed by atoms with E-state index in [2.05, 4.69) is 39.8 Å². The molecule has 172 valence electrons. The summed E-state index contributed by atoms with van der Waals surface area (Å²) in [5.41, 5.74) is 1.42. The third kappa shape index (κ3) is 4.24. The van der Waals surface area contributed by atoms with Crippen molar-refractivity contribution in [3.63, 3.8) is 0 Å². The SMILES string of the molecule is O=C(NCCCCN1CCCC1)[C@H]1[C@H](C(=O)NCCc2ccccc2)[C@@H]2C=C[C@H]1C21CC1. The Kier molecular flexibility index (Phi) is 6.36. The van der Waals surface area contributed by atoms with Gasteiger partial charge >= 0.3 is 0 Å². The Morgan fingerprint density at radius 3 is 2.12 bits per heavy atom. The van der Waals surface area contributed by atoms with Gasteiger partial charge in [-0.05, 0) is 87.4 Å². The molecule has 1 aromatic carbocycles. The number of nitrogens with zero attached hydrogens (tertiary/aromatic N) is 1. The fourth-order valence-electron chi connectivity index (χ4n) is 6.60. The molecule has 3 aliphatic carbocycles. The monoisotopic (exact) mass is 435 g/mol. The number of benzene rings is 1. The van der Waals surface area contributed by atoms with E-state index in [0.717, 1.165) is 45.2 Å². The van der Waals surface area contributed by atoms with Crippen LogP contribution in [0.5, 0.6) is 0 Å². The van der Waals surface area contributed by atoms with Crippen LogP contribution < -0.4 is 10.6 Å². The molecule has 2 N–H and O–H groups in total. The van der Waals surface area contributed by atoms with Gasteiger partial charge in [-0.2, -0.15) is 0 Å². The highest BCUT2D eigenvalue weighted by Crippen LogP contribution is 2.72. The van der Waals surface area contributed by atoms with E-state index in [1.54, 1.807) is 0 Å². The van der Waals surface area contributed by atoms with E-state index >= 15 is 0 Å². The fraction of sp³-hybridized carbons (Fsp3) is 0.630. The number of allylic oxidation sites excluding steroid dienone is 2. The summed E-state index contributed by atoms with van der Waals surface area (Å²) in [6.45, 7) is 4.94. The molecule has 4 aliphatic rings. The van der Waals surface area contributed by atoms with Crippen molar-refractivity contribution in [3.05, 3.63) is 48.0 Å². The number of carbonyl (C=O) groups excluding carboxylic acids is 2. The Bertz CT molecular complexity index is 842. The molecule has 2 amide bonds. The molecule has 0 unspecified atom stereocenters. The molecule has 32 heavy (non-hydrogen) atoms. The van der Waals surface area contributed by atoms with E-state index < -0.39 is 0 Å². The second kappa shape index (κ2) is 9.38. The van der Waals surface area contributed by atoms with Gasteiger partial charge in [0.15, 0.2) is 0 Å². The van der Waals surface area contributed by atoms with Crippen molar-refractivity contribution >= 4 is 11.8 Å². The Morgan fingerprint density at radius 1 is 0.875 bits per heavy atom. The molecule has 1 heterocycles. The van der Waals surface area contributed by atoms with Crippen molar-refractivity contribution in [1.29, 1.82) is 0 Å². The first-order chi connectivity index (χ1) is 15.7. The number of hydrogen-bond acceptors (Lipinski definition) is 3. The Labute approximate surface area is 192 Å². The van der Waals surface area contributed by atoms with Gasteiger partial charge in [0.25, 0.3) is 0 Å². The predicted octanol–water partition coefficient (Wildman–Crippen LogP) is 3.17. The first-order valence-corrected chi connectivity index (χ1v) is 12.7. The number of amides is 2. The van der Waals surface area contributed by atoms with E-state index in [4.69, 9.17) is 0 Å². The van der Waals surface area contributed by atoms with Crippen LogP contribution in [0.1, 0.15) is 44.1 Å². The molecule has 1 aliphatic heterocycles. The molecule has 0 aromatic heterocycles. The zero-order chi connectivity index (χ0) is 22.0. The molecule has 1 aromatic rings. The maximum atomic E-state index is 13.2. The minimum atomic E-state index is -0.215. The van der Waals surface area contributed by atoms with Crippen LogP contribution >= 0.6 is 0 Å². The normalized spacial score (nSPS) is 29.5. The molecule has 1 saturated heterocycles. The minimum Gasteiger partial charge on any atom is -0.356 e. The highest BCUT2D eigenvalue weighted by Gasteiger charge is 2.69. The second-order valence-corrected chi connectivity index (χ2v) is 10.3. The summed E-state index contributed by atoms with van der Waals surface area (Å²) in [5.74, 6) is 0.212. The van der Waals surface area contributed by atoms with Crippen LogP contribution in [-0.2, 0) is 16.0 Å². The quantitative estimate of drug-likeness (QED) is 0.438. The van der Waals surface area contributed by atoms with Gasteiger partial charge in [-0.15, -0.1) is 0 Å². The van der Waals surface area contributed by atoms with Gasteiger partial charge in [0.05, 0.1) is 11.8 Å². The average Bonchev–Trinajstić information content (AvgIpc) is 3.17. The first-order valence-electron chi connectivity index (χ1n) is 12.7. The number of rotatable bonds is 10. The largest absolute Gasteiger partial charge is 0.356 e. The molecular weight excluding hydrogens is 398 g/mol. The van der Waals surface area contributed by atoms with Gasteiger partial charge in [0.2, 0.25) is 11.8 Å². The van der Waals surface area contributed by atoms with Gasteiger partial charge in [-0.25, -0.2) is 0 Å². The Balaban J connectivity index is 1.14. The molecule has 2 saturated carbocycles. The summed E-state index contributed by atoms with van der Waals surface area (Å²) >= 11 is 0. The number of likely N-dealkylation sites (tertiary alicyclic amines) is 1. The molecule has 2 bridgehead atoms. The lowest BCUT2D eigenvalue weighted by atomic mass is 9.81. The predicted molar refractivity (Wildman–Crippen MR) is 126 cm³/mol. The second-order valence-electron chi connectivity index (χ2n) is 10.3. The zero-order valence-electron chi connectivity index (χ0n) is 19.1. The molecule has 4 atom stereocenters. The number of unbranched alkanes of at least 4 members (excludes halogenated alkanes) is 1. The first kappa shape index (κ1) is 21.7.